The number of aryl methyl sites for hydroxylation is 1. The number of rotatable bonds is 5. The number of halogens is 3. The highest BCUT2D eigenvalue weighted by Crippen LogP contribution is 2.24. The summed E-state index contributed by atoms with van der Waals surface area (Å²) in [4.78, 5) is 11.5. The van der Waals surface area contributed by atoms with E-state index in [0.717, 1.165) is 18.4 Å². The van der Waals surface area contributed by atoms with Crippen molar-refractivity contribution < 1.29 is 9.18 Å². The lowest BCUT2D eigenvalue weighted by Crippen LogP contribution is -2.12. The van der Waals surface area contributed by atoms with Gasteiger partial charge in [0.05, 0.1) is 4.47 Å². The molecular weight excluding hydrogens is 308 g/mol. The Morgan fingerprint density at radius 3 is 2.82 bits per heavy atom. The van der Waals surface area contributed by atoms with Crippen molar-refractivity contribution in [2.24, 2.45) is 0 Å². The quantitative estimate of drug-likeness (QED) is 0.637. The minimum absolute atomic E-state index is 0.111. The first-order valence-corrected chi connectivity index (χ1v) is 6.69. The van der Waals surface area contributed by atoms with Gasteiger partial charge in [-0.05, 0) is 53.4 Å². The normalized spacial score (nSPS) is 10.4. The SMILES string of the molecule is Cc1cc(Br)c(F)cc1NC(=O)CCCCCl. The van der Waals surface area contributed by atoms with Gasteiger partial charge in [-0.2, -0.15) is 0 Å². The second-order valence-corrected chi connectivity index (χ2v) is 5.01. The Bertz CT molecular complexity index is 412. The monoisotopic (exact) mass is 321 g/mol. The van der Waals surface area contributed by atoms with Crippen LogP contribution in [-0.4, -0.2) is 11.8 Å². The molecule has 0 spiro atoms. The molecular formula is C12H14BrClFNO. The van der Waals surface area contributed by atoms with Gasteiger partial charge in [0.1, 0.15) is 5.82 Å². The van der Waals surface area contributed by atoms with Crippen LogP contribution >= 0.6 is 27.5 Å². The third kappa shape index (κ3) is 4.64. The second-order valence-electron chi connectivity index (χ2n) is 3.78. The molecule has 5 heteroatoms. The number of carbonyl (C=O) groups is 1. The number of hydrogen-bond acceptors (Lipinski definition) is 1. The molecule has 0 fully saturated rings. The smallest absolute Gasteiger partial charge is 0.224 e. The lowest BCUT2D eigenvalue weighted by atomic mass is 10.2. The number of carbonyl (C=O) groups excluding carboxylic acids is 1. The van der Waals surface area contributed by atoms with Crippen LogP contribution in [-0.2, 0) is 4.79 Å². The predicted octanol–water partition coefficient (Wildman–Crippen LogP) is 4.24. The van der Waals surface area contributed by atoms with Crippen LogP contribution in [0.1, 0.15) is 24.8 Å². The number of amides is 1. The predicted molar refractivity (Wildman–Crippen MR) is 72.0 cm³/mol. The van der Waals surface area contributed by atoms with E-state index in [4.69, 9.17) is 11.6 Å². The van der Waals surface area contributed by atoms with Crippen molar-refractivity contribution in [1.29, 1.82) is 0 Å². The van der Waals surface area contributed by atoms with E-state index in [9.17, 15) is 9.18 Å². The third-order valence-corrected chi connectivity index (χ3v) is 3.20. The fourth-order valence-corrected chi connectivity index (χ4v) is 2.02. The van der Waals surface area contributed by atoms with Crippen LogP contribution in [0.4, 0.5) is 10.1 Å². The Balaban J connectivity index is 2.62. The number of anilines is 1. The van der Waals surface area contributed by atoms with Gasteiger partial charge in [0.15, 0.2) is 0 Å². The van der Waals surface area contributed by atoms with E-state index in [2.05, 4.69) is 21.2 Å². The first kappa shape index (κ1) is 14.5. The van der Waals surface area contributed by atoms with Crippen molar-refractivity contribution in [3.05, 3.63) is 28.0 Å². The van der Waals surface area contributed by atoms with Crippen LogP contribution in [0.25, 0.3) is 0 Å². The standard InChI is InChI=1S/C12H14BrClFNO/c1-8-6-9(13)10(15)7-11(8)16-12(17)4-2-3-5-14/h6-7H,2-5H2,1H3,(H,16,17). The fraction of sp³-hybridized carbons (Fsp3) is 0.417. The minimum Gasteiger partial charge on any atom is -0.326 e. The first-order valence-electron chi connectivity index (χ1n) is 5.36. The van der Waals surface area contributed by atoms with E-state index in [0.29, 0.717) is 22.5 Å². The van der Waals surface area contributed by atoms with Gasteiger partial charge >= 0.3 is 0 Å². The highest BCUT2D eigenvalue weighted by molar-refractivity contribution is 9.10. The molecule has 0 atom stereocenters. The average molecular weight is 323 g/mol. The molecule has 1 N–H and O–H groups in total. The summed E-state index contributed by atoms with van der Waals surface area (Å²) in [6.45, 7) is 1.82. The van der Waals surface area contributed by atoms with Crippen molar-refractivity contribution >= 4 is 39.1 Å². The number of hydrogen-bond donors (Lipinski definition) is 1. The van der Waals surface area contributed by atoms with E-state index < -0.39 is 0 Å². The summed E-state index contributed by atoms with van der Waals surface area (Å²) in [6, 6.07) is 2.96. The maximum absolute atomic E-state index is 13.3. The van der Waals surface area contributed by atoms with Crippen LogP contribution in [0.3, 0.4) is 0 Å². The molecule has 1 aromatic rings. The molecule has 2 nitrogen and oxygen atoms in total. The van der Waals surface area contributed by atoms with E-state index in [1.165, 1.54) is 6.07 Å². The largest absolute Gasteiger partial charge is 0.326 e. The maximum atomic E-state index is 13.3. The van der Waals surface area contributed by atoms with Crippen molar-refractivity contribution in [2.75, 3.05) is 11.2 Å². The molecule has 0 aliphatic carbocycles. The summed E-state index contributed by atoms with van der Waals surface area (Å²) in [7, 11) is 0. The molecule has 0 heterocycles. The van der Waals surface area contributed by atoms with Crippen LogP contribution in [0.15, 0.2) is 16.6 Å². The van der Waals surface area contributed by atoms with Crippen LogP contribution in [0, 0.1) is 12.7 Å². The molecule has 1 rings (SSSR count). The minimum atomic E-state index is -0.383. The first-order chi connectivity index (χ1) is 8.04. The van der Waals surface area contributed by atoms with Crippen LogP contribution < -0.4 is 5.32 Å². The van der Waals surface area contributed by atoms with Gasteiger partial charge in [-0.1, -0.05) is 0 Å². The fourth-order valence-electron chi connectivity index (χ4n) is 1.37. The molecule has 94 valence electrons. The molecule has 1 aromatic carbocycles. The van der Waals surface area contributed by atoms with Gasteiger partial charge in [0.25, 0.3) is 0 Å². The van der Waals surface area contributed by atoms with E-state index in [1.54, 1.807) is 6.07 Å². The Morgan fingerprint density at radius 1 is 1.47 bits per heavy atom. The molecule has 0 bridgehead atoms. The summed E-state index contributed by atoms with van der Waals surface area (Å²) in [5, 5.41) is 2.69. The van der Waals surface area contributed by atoms with E-state index in [1.807, 2.05) is 6.92 Å². The Labute approximate surface area is 114 Å². The summed E-state index contributed by atoms with van der Waals surface area (Å²) >= 11 is 8.62. The van der Waals surface area contributed by atoms with E-state index in [-0.39, 0.29) is 11.7 Å². The van der Waals surface area contributed by atoms with Crippen molar-refractivity contribution in [3.8, 4) is 0 Å². The second kappa shape index (κ2) is 6.97. The number of benzene rings is 1. The molecule has 1 amide bonds. The van der Waals surface area contributed by atoms with Crippen molar-refractivity contribution in [3.63, 3.8) is 0 Å². The summed E-state index contributed by atoms with van der Waals surface area (Å²) in [5.74, 6) is 0.0609. The molecule has 17 heavy (non-hydrogen) atoms. The van der Waals surface area contributed by atoms with Crippen LogP contribution in [0.5, 0.6) is 0 Å². The zero-order valence-corrected chi connectivity index (χ0v) is 11.9. The van der Waals surface area contributed by atoms with Gasteiger partial charge in [-0.3, -0.25) is 4.79 Å². The topological polar surface area (TPSA) is 29.1 Å². The van der Waals surface area contributed by atoms with Gasteiger partial charge < -0.3 is 5.32 Å². The van der Waals surface area contributed by atoms with Crippen molar-refractivity contribution in [1.82, 2.24) is 0 Å². The molecule has 0 saturated heterocycles. The number of alkyl halides is 1. The van der Waals surface area contributed by atoms with Crippen LogP contribution in [0.2, 0.25) is 0 Å². The summed E-state index contributed by atoms with van der Waals surface area (Å²) < 4.78 is 13.7. The molecule has 0 radical (unpaired) electrons. The molecule has 0 saturated carbocycles. The zero-order valence-electron chi connectivity index (χ0n) is 9.53. The lowest BCUT2D eigenvalue weighted by molar-refractivity contribution is -0.116. The molecule has 0 aliphatic heterocycles. The number of nitrogens with one attached hydrogen (secondary N) is 1. The Morgan fingerprint density at radius 2 is 2.18 bits per heavy atom. The summed E-state index contributed by atoms with van der Waals surface area (Å²) in [5.41, 5.74) is 1.34. The van der Waals surface area contributed by atoms with Gasteiger partial charge in [0.2, 0.25) is 5.91 Å². The Kier molecular flexibility index (Phi) is 5.92. The van der Waals surface area contributed by atoms with Crippen molar-refractivity contribution in [2.45, 2.75) is 26.2 Å². The van der Waals surface area contributed by atoms with Gasteiger partial charge in [0, 0.05) is 18.0 Å². The lowest BCUT2D eigenvalue weighted by Gasteiger charge is -2.09. The Hall–Kier alpha value is -0.610. The van der Waals surface area contributed by atoms with Gasteiger partial charge in [-0.25, -0.2) is 4.39 Å². The maximum Gasteiger partial charge on any atom is 0.224 e. The third-order valence-electron chi connectivity index (χ3n) is 2.33. The van der Waals surface area contributed by atoms with E-state index >= 15 is 0 Å². The zero-order chi connectivity index (χ0) is 12.8. The molecule has 0 aromatic heterocycles. The highest BCUT2D eigenvalue weighted by Gasteiger charge is 2.08. The van der Waals surface area contributed by atoms with Gasteiger partial charge in [-0.15, -0.1) is 11.6 Å². The number of unbranched alkanes of at least 4 members (excludes halogenated alkanes) is 1. The summed E-state index contributed by atoms with van der Waals surface area (Å²) in [6.07, 6.45) is 1.96. The average Bonchev–Trinajstić information content (AvgIpc) is 2.26. The highest BCUT2D eigenvalue weighted by atomic mass is 79.9. The molecule has 0 unspecified atom stereocenters. The molecule has 0 aliphatic rings.